The van der Waals surface area contributed by atoms with E-state index in [0.717, 1.165) is 13.1 Å². The Morgan fingerprint density at radius 1 is 1.00 bits per heavy atom. The van der Waals surface area contributed by atoms with Crippen LogP contribution < -0.4 is 5.32 Å². The molecule has 1 unspecified atom stereocenters. The normalized spacial score (nSPS) is 21.7. The van der Waals surface area contributed by atoms with Gasteiger partial charge in [-0.15, -0.1) is 0 Å². The Bertz CT molecular complexity index is 705. The second-order valence-electron chi connectivity index (χ2n) is 8.44. The van der Waals surface area contributed by atoms with E-state index in [2.05, 4.69) is 41.4 Å². The van der Waals surface area contributed by atoms with Crippen LogP contribution in [0, 0.1) is 12.8 Å². The second-order valence-corrected chi connectivity index (χ2v) is 8.44. The fourth-order valence-corrected chi connectivity index (χ4v) is 4.15. The second kappa shape index (κ2) is 9.13. The van der Waals surface area contributed by atoms with Gasteiger partial charge >= 0.3 is 6.03 Å². The summed E-state index contributed by atoms with van der Waals surface area (Å²) in [6, 6.07) is 8.71. The number of carbonyl (C=O) groups excluding carboxylic acids is 2. The van der Waals surface area contributed by atoms with Crippen LogP contribution in [-0.4, -0.2) is 85.7 Å². The van der Waals surface area contributed by atoms with Crippen molar-refractivity contribution in [3.63, 3.8) is 0 Å². The van der Waals surface area contributed by atoms with Crippen LogP contribution in [0.5, 0.6) is 0 Å². The van der Waals surface area contributed by atoms with E-state index < -0.39 is 0 Å². The van der Waals surface area contributed by atoms with Crippen LogP contribution in [0.3, 0.4) is 0 Å². The maximum absolute atomic E-state index is 12.7. The Hall–Kier alpha value is -2.12. The third kappa shape index (κ3) is 5.28. The van der Waals surface area contributed by atoms with Gasteiger partial charge < -0.3 is 19.9 Å². The van der Waals surface area contributed by atoms with E-state index in [9.17, 15) is 9.59 Å². The number of hydrogen-bond donors (Lipinski definition) is 1. The van der Waals surface area contributed by atoms with E-state index in [0.29, 0.717) is 51.9 Å². The van der Waals surface area contributed by atoms with E-state index in [4.69, 9.17) is 4.74 Å². The molecule has 1 aliphatic carbocycles. The highest BCUT2D eigenvalue weighted by atomic mass is 16.5. The van der Waals surface area contributed by atoms with Crippen molar-refractivity contribution in [2.75, 3.05) is 59.0 Å². The molecule has 3 amide bonds. The summed E-state index contributed by atoms with van der Waals surface area (Å²) < 4.78 is 5.32. The van der Waals surface area contributed by atoms with Gasteiger partial charge in [0.05, 0.1) is 25.8 Å². The van der Waals surface area contributed by atoms with E-state index in [1.165, 1.54) is 24.0 Å². The number of morpholine rings is 1. The number of aryl methyl sites for hydroxylation is 1. The van der Waals surface area contributed by atoms with E-state index in [-0.39, 0.29) is 18.0 Å². The van der Waals surface area contributed by atoms with Gasteiger partial charge in [0.2, 0.25) is 5.91 Å². The lowest BCUT2D eigenvalue weighted by molar-refractivity contribution is -0.123. The molecule has 1 aromatic carbocycles. The van der Waals surface area contributed by atoms with Crippen molar-refractivity contribution in [2.45, 2.75) is 25.8 Å². The minimum Gasteiger partial charge on any atom is -0.378 e. The number of ether oxygens (including phenoxy) is 1. The Morgan fingerprint density at radius 3 is 2.24 bits per heavy atom. The van der Waals surface area contributed by atoms with Crippen LogP contribution in [0.1, 0.15) is 30.0 Å². The van der Waals surface area contributed by atoms with Crippen LogP contribution in [0.25, 0.3) is 0 Å². The average Bonchev–Trinajstić information content (AvgIpc) is 3.59. The summed E-state index contributed by atoms with van der Waals surface area (Å²) in [6.07, 6.45) is 2.36. The highest BCUT2D eigenvalue weighted by Crippen LogP contribution is 2.41. The minimum absolute atomic E-state index is 0.0791. The fraction of sp³-hybridized carbons (Fsp3) is 0.636. The van der Waals surface area contributed by atoms with Crippen molar-refractivity contribution >= 4 is 11.9 Å². The summed E-state index contributed by atoms with van der Waals surface area (Å²) in [4.78, 5) is 31.2. The monoisotopic (exact) mass is 400 g/mol. The van der Waals surface area contributed by atoms with Crippen LogP contribution in [0.4, 0.5) is 4.79 Å². The van der Waals surface area contributed by atoms with Gasteiger partial charge in [0.25, 0.3) is 0 Å². The molecule has 3 fully saturated rings. The highest BCUT2D eigenvalue weighted by molar-refractivity contribution is 5.79. The molecule has 1 aromatic rings. The number of nitrogens with zero attached hydrogens (tertiary/aromatic N) is 3. The summed E-state index contributed by atoms with van der Waals surface area (Å²) in [5.41, 5.74) is 2.44. The average molecular weight is 401 g/mol. The Balaban J connectivity index is 1.25. The van der Waals surface area contributed by atoms with Gasteiger partial charge in [0, 0.05) is 39.3 Å². The number of rotatable bonds is 5. The van der Waals surface area contributed by atoms with Gasteiger partial charge in [-0.1, -0.05) is 29.8 Å². The molecule has 7 heteroatoms. The molecule has 4 rings (SSSR count). The third-order valence-corrected chi connectivity index (χ3v) is 6.14. The summed E-state index contributed by atoms with van der Waals surface area (Å²) >= 11 is 0. The van der Waals surface area contributed by atoms with Gasteiger partial charge in [-0.25, -0.2) is 4.79 Å². The molecule has 0 spiro atoms. The summed E-state index contributed by atoms with van der Waals surface area (Å²) in [6.45, 7) is 7.88. The fourth-order valence-electron chi connectivity index (χ4n) is 4.15. The summed E-state index contributed by atoms with van der Waals surface area (Å²) in [5.74, 6) is 0.639. The number of piperazine rings is 1. The first kappa shape index (κ1) is 20.2. The van der Waals surface area contributed by atoms with Crippen LogP contribution in [-0.2, 0) is 9.53 Å². The standard InChI is InChI=1S/C22H32N4O3/c1-17-2-4-18(5-3-17)21(19-6-7-19)23-20(27)16-24-8-10-25(11-9-24)22(28)26-12-14-29-15-13-26/h2-5,19,21H,6-16H2,1H3,(H,23,27). The van der Waals surface area contributed by atoms with Gasteiger partial charge in [0.1, 0.15) is 0 Å². The molecular weight excluding hydrogens is 368 g/mol. The van der Waals surface area contributed by atoms with Crippen molar-refractivity contribution in [2.24, 2.45) is 5.92 Å². The number of hydrogen-bond acceptors (Lipinski definition) is 4. The maximum atomic E-state index is 12.7. The number of carbonyl (C=O) groups is 2. The highest BCUT2D eigenvalue weighted by Gasteiger charge is 2.34. The number of nitrogens with one attached hydrogen (secondary N) is 1. The Morgan fingerprint density at radius 2 is 1.62 bits per heavy atom. The molecule has 2 aliphatic heterocycles. The predicted molar refractivity (Wildman–Crippen MR) is 111 cm³/mol. The lowest BCUT2D eigenvalue weighted by atomic mass is 10.0. The van der Waals surface area contributed by atoms with Gasteiger partial charge in [-0.3, -0.25) is 9.69 Å². The number of benzene rings is 1. The topological polar surface area (TPSA) is 65.1 Å². The molecule has 2 heterocycles. The number of urea groups is 1. The lowest BCUT2D eigenvalue weighted by Gasteiger charge is -2.38. The maximum Gasteiger partial charge on any atom is 0.320 e. The molecular formula is C22H32N4O3. The third-order valence-electron chi connectivity index (χ3n) is 6.14. The predicted octanol–water partition coefficient (Wildman–Crippen LogP) is 1.63. The molecule has 7 nitrogen and oxygen atoms in total. The summed E-state index contributed by atoms with van der Waals surface area (Å²) in [5, 5.41) is 3.26. The van der Waals surface area contributed by atoms with Crippen molar-refractivity contribution in [1.82, 2.24) is 20.0 Å². The smallest absolute Gasteiger partial charge is 0.320 e. The molecule has 3 aliphatic rings. The Labute approximate surface area is 173 Å². The summed E-state index contributed by atoms with van der Waals surface area (Å²) in [7, 11) is 0. The number of amides is 3. The lowest BCUT2D eigenvalue weighted by Crippen LogP contribution is -2.55. The zero-order valence-corrected chi connectivity index (χ0v) is 17.3. The largest absolute Gasteiger partial charge is 0.378 e. The zero-order valence-electron chi connectivity index (χ0n) is 17.3. The molecule has 0 aromatic heterocycles. The van der Waals surface area contributed by atoms with Crippen LogP contribution in [0.15, 0.2) is 24.3 Å². The van der Waals surface area contributed by atoms with Gasteiger partial charge in [-0.2, -0.15) is 0 Å². The van der Waals surface area contributed by atoms with E-state index in [1.807, 2.05) is 9.80 Å². The quantitative estimate of drug-likeness (QED) is 0.816. The molecule has 29 heavy (non-hydrogen) atoms. The molecule has 0 radical (unpaired) electrons. The van der Waals surface area contributed by atoms with Crippen molar-refractivity contribution in [3.05, 3.63) is 35.4 Å². The molecule has 0 bridgehead atoms. The zero-order chi connectivity index (χ0) is 20.2. The van der Waals surface area contributed by atoms with E-state index >= 15 is 0 Å². The Kier molecular flexibility index (Phi) is 6.35. The molecule has 158 valence electrons. The van der Waals surface area contributed by atoms with Crippen molar-refractivity contribution in [1.29, 1.82) is 0 Å². The molecule has 1 saturated carbocycles. The van der Waals surface area contributed by atoms with Crippen LogP contribution >= 0.6 is 0 Å². The molecule has 1 N–H and O–H groups in total. The first-order valence-corrected chi connectivity index (χ1v) is 10.8. The molecule has 1 atom stereocenters. The van der Waals surface area contributed by atoms with E-state index in [1.54, 1.807) is 0 Å². The molecule has 2 saturated heterocycles. The van der Waals surface area contributed by atoms with Crippen LogP contribution in [0.2, 0.25) is 0 Å². The first-order chi connectivity index (χ1) is 14.1. The van der Waals surface area contributed by atoms with Crippen molar-refractivity contribution in [3.8, 4) is 0 Å². The SMILES string of the molecule is Cc1ccc(C(NC(=O)CN2CCN(C(=O)N3CCOCC3)CC2)C2CC2)cc1. The van der Waals surface area contributed by atoms with Gasteiger partial charge in [-0.05, 0) is 31.2 Å². The van der Waals surface area contributed by atoms with Gasteiger partial charge in [0.15, 0.2) is 0 Å². The van der Waals surface area contributed by atoms with Crippen molar-refractivity contribution < 1.29 is 14.3 Å². The first-order valence-electron chi connectivity index (χ1n) is 10.8. The minimum atomic E-state index is 0.0791.